The van der Waals surface area contributed by atoms with Gasteiger partial charge in [0.05, 0.1) is 20.3 Å². The number of nitrogens with zero attached hydrogens (tertiary/aromatic N) is 1. The van der Waals surface area contributed by atoms with Crippen LogP contribution in [0.25, 0.3) is 0 Å². The number of quaternary nitrogens is 1. The minimum atomic E-state index is -8.38. The number of halogens is 15. The van der Waals surface area contributed by atoms with Gasteiger partial charge in [-0.15, -0.1) is 0 Å². The topological polar surface area (TPSA) is 60.7 Å². The molecule has 34 heavy (non-hydrogen) atoms. The number of alkyl halides is 15. The molecule has 0 saturated heterocycles. The molecule has 0 aliphatic carbocycles. The molecule has 0 amide bonds. The third-order valence-corrected chi connectivity index (χ3v) is 4.82. The lowest BCUT2D eigenvalue weighted by Gasteiger charge is -2.42. The van der Waals surface area contributed by atoms with E-state index in [1.807, 2.05) is 0 Å². The molecule has 4 nitrogen and oxygen atoms in total. The van der Waals surface area contributed by atoms with Crippen molar-refractivity contribution in [2.24, 2.45) is 0 Å². The zero-order valence-electron chi connectivity index (χ0n) is 16.8. The van der Waals surface area contributed by atoms with Crippen molar-refractivity contribution < 1.29 is 85.7 Å². The molecule has 0 aliphatic rings. The molecule has 0 heterocycles. The summed E-state index contributed by atoms with van der Waals surface area (Å²) in [5, 5.41) is 27.3. The van der Waals surface area contributed by atoms with Gasteiger partial charge >= 0.3 is 41.7 Å². The van der Waals surface area contributed by atoms with Crippen molar-refractivity contribution in [2.45, 2.75) is 54.2 Å². The minimum Gasteiger partial charge on any atom is -0.391 e. The van der Waals surface area contributed by atoms with E-state index in [1.54, 1.807) is 0 Å². The van der Waals surface area contributed by atoms with Gasteiger partial charge in [-0.25, -0.2) is 0 Å². The summed E-state index contributed by atoms with van der Waals surface area (Å²) in [5.74, 6) is -47.2. The molecule has 0 aliphatic heterocycles. The molecular weight excluding hydrogens is 527 g/mol. The van der Waals surface area contributed by atoms with Crippen molar-refractivity contribution in [1.29, 1.82) is 0 Å². The highest BCUT2D eigenvalue weighted by Crippen LogP contribution is 2.62. The maximum atomic E-state index is 13.9. The van der Waals surface area contributed by atoms with Crippen molar-refractivity contribution in [3.05, 3.63) is 0 Å². The van der Waals surface area contributed by atoms with Gasteiger partial charge < -0.3 is 19.8 Å². The largest absolute Gasteiger partial charge is 0.460 e. The normalized spacial score (nSPS) is 16.7. The second kappa shape index (κ2) is 9.68. The fourth-order valence-corrected chi connectivity index (χ4v) is 2.77. The monoisotopic (exact) mass is 546 g/mol. The molecule has 0 aromatic carbocycles. The highest BCUT2D eigenvalue weighted by molar-refractivity contribution is 5.13. The smallest absolute Gasteiger partial charge is 0.391 e. The van der Waals surface area contributed by atoms with Crippen LogP contribution >= 0.6 is 0 Å². The van der Waals surface area contributed by atoms with Crippen molar-refractivity contribution in [3.8, 4) is 0 Å². The molecule has 0 aromatic heterocycles. The Bertz CT molecular complexity index is 674. The summed E-state index contributed by atoms with van der Waals surface area (Å²) < 4.78 is 196. The Morgan fingerprint density at radius 3 is 1.24 bits per heavy atom. The summed E-state index contributed by atoms with van der Waals surface area (Å²) in [6.07, 6.45) is -13.4. The molecule has 206 valence electrons. The summed E-state index contributed by atoms with van der Waals surface area (Å²) in [7, 11) is 1.02. The summed E-state index contributed by atoms with van der Waals surface area (Å²) in [6.45, 7) is -3.53. The average molecular weight is 546 g/mol. The van der Waals surface area contributed by atoms with Crippen LogP contribution in [0.5, 0.6) is 0 Å². The fourth-order valence-electron chi connectivity index (χ4n) is 2.77. The molecule has 0 spiro atoms. The molecule has 0 bridgehead atoms. The summed E-state index contributed by atoms with van der Waals surface area (Å²) in [5.41, 5.74) is 0. The molecule has 0 rings (SSSR count). The second-order valence-electron chi connectivity index (χ2n) is 7.63. The van der Waals surface area contributed by atoms with Crippen molar-refractivity contribution in [2.75, 3.05) is 39.9 Å². The zero-order chi connectivity index (χ0) is 27.8. The molecule has 1 atom stereocenters. The molecular formula is C15H19F15NO3+. The number of likely N-dealkylation sites (N-methyl/N-ethyl adjacent to an activating group) is 1. The number of hydrogen-bond donors (Lipinski definition) is 3. The first-order chi connectivity index (χ1) is 14.7. The molecule has 0 fully saturated rings. The first-order valence-corrected chi connectivity index (χ1v) is 8.79. The Morgan fingerprint density at radius 1 is 0.588 bits per heavy atom. The lowest BCUT2D eigenvalue weighted by atomic mass is 9.89. The van der Waals surface area contributed by atoms with Crippen LogP contribution < -0.4 is 0 Å². The van der Waals surface area contributed by atoms with Gasteiger partial charge in [0.2, 0.25) is 0 Å². The van der Waals surface area contributed by atoms with Crippen LogP contribution in [0, 0.1) is 0 Å². The molecule has 0 saturated carbocycles. The van der Waals surface area contributed by atoms with Gasteiger partial charge in [-0.3, -0.25) is 0 Å². The first-order valence-electron chi connectivity index (χ1n) is 8.79. The van der Waals surface area contributed by atoms with E-state index in [2.05, 4.69) is 0 Å². The Labute approximate surface area is 181 Å². The highest BCUT2D eigenvalue weighted by Gasteiger charge is 2.93. The SMILES string of the molecule is C[N+](CCO)(CCO)CC(O)CC(F)(F)C(F)(F)C(F)(F)C(F)(F)C(F)(F)C(F)(F)C(F)(F)F. The van der Waals surface area contributed by atoms with E-state index < -0.39 is 91.6 Å². The third-order valence-electron chi connectivity index (χ3n) is 4.82. The van der Waals surface area contributed by atoms with Crippen LogP contribution in [0.1, 0.15) is 6.42 Å². The summed E-state index contributed by atoms with van der Waals surface area (Å²) >= 11 is 0. The quantitative estimate of drug-likeness (QED) is 0.245. The van der Waals surface area contributed by atoms with Crippen LogP contribution in [-0.2, 0) is 0 Å². The van der Waals surface area contributed by atoms with Crippen molar-refractivity contribution >= 4 is 0 Å². The number of aliphatic hydroxyl groups excluding tert-OH is 3. The lowest BCUT2D eigenvalue weighted by Crippen LogP contribution is -2.72. The molecule has 3 N–H and O–H groups in total. The molecule has 19 heteroatoms. The van der Waals surface area contributed by atoms with E-state index in [4.69, 9.17) is 10.2 Å². The number of aliphatic hydroxyl groups is 3. The average Bonchev–Trinajstić information content (AvgIpc) is 2.59. The van der Waals surface area contributed by atoms with E-state index >= 15 is 0 Å². The van der Waals surface area contributed by atoms with Gasteiger partial charge in [0.1, 0.15) is 25.7 Å². The second-order valence-corrected chi connectivity index (χ2v) is 7.63. The lowest BCUT2D eigenvalue weighted by molar-refractivity contribution is -0.913. The van der Waals surface area contributed by atoms with Gasteiger partial charge in [0, 0.05) is 6.42 Å². The van der Waals surface area contributed by atoms with Gasteiger partial charge in [-0.05, 0) is 0 Å². The fraction of sp³-hybridized carbons (Fsp3) is 1.00. The third kappa shape index (κ3) is 5.45. The van der Waals surface area contributed by atoms with E-state index in [-0.39, 0.29) is 0 Å². The minimum absolute atomic E-state index is 0.452. The van der Waals surface area contributed by atoms with E-state index in [0.29, 0.717) is 0 Å². The van der Waals surface area contributed by atoms with E-state index in [0.717, 1.165) is 7.05 Å². The van der Waals surface area contributed by atoms with Crippen LogP contribution in [0.15, 0.2) is 0 Å². The van der Waals surface area contributed by atoms with Crippen LogP contribution in [0.3, 0.4) is 0 Å². The van der Waals surface area contributed by atoms with Crippen LogP contribution in [-0.4, -0.2) is 108 Å². The van der Waals surface area contributed by atoms with Gasteiger partial charge in [0.25, 0.3) is 0 Å². The zero-order valence-corrected chi connectivity index (χ0v) is 16.8. The maximum absolute atomic E-state index is 13.9. The standard InChI is InChI=1S/C15H19F15NO3/c1-31(2-4-32,3-5-33)7-8(34)6-9(16,17)10(18,19)11(20,21)12(22,23)13(24,25)14(26,27)15(28,29)30/h8,32-34H,2-7H2,1H3/q+1. The predicted molar refractivity (Wildman–Crippen MR) is 81.3 cm³/mol. The molecule has 0 radical (unpaired) electrons. The number of rotatable bonds is 13. The van der Waals surface area contributed by atoms with E-state index in [1.165, 1.54) is 0 Å². The first kappa shape index (κ1) is 32.8. The van der Waals surface area contributed by atoms with Gasteiger partial charge in [-0.1, -0.05) is 0 Å². The van der Waals surface area contributed by atoms with Crippen LogP contribution in [0.4, 0.5) is 65.9 Å². The Kier molecular flexibility index (Phi) is 9.34. The maximum Gasteiger partial charge on any atom is 0.460 e. The summed E-state index contributed by atoms with van der Waals surface area (Å²) in [4.78, 5) is 0. The summed E-state index contributed by atoms with van der Waals surface area (Å²) in [6, 6.07) is 0. The van der Waals surface area contributed by atoms with Gasteiger partial charge in [0.15, 0.2) is 0 Å². The molecule has 0 aromatic rings. The Morgan fingerprint density at radius 2 is 0.912 bits per heavy atom. The van der Waals surface area contributed by atoms with Crippen molar-refractivity contribution in [1.82, 2.24) is 0 Å². The molecule has 1 unspecified atom stereocenters. The Balaban J connectivity index is 6.22. The van der Waals surface area contributed by atoms with Gasteiger partial charge in [-0.2, -0.15) is 65.9 Å². The van der Waals surface area contributed by atoms with E-state index in [9.17, 15) is 71.0 Å². The predicted octanol–water partition coefficient (Wildman–Crippen LogP) is 3.54. The van der Waals surface area contributed by atoms with Crippen molar-refractivity contribution in [3.63, 3.8) is 0 Å². The van der Waals surface area contributed by atoms with Crippen LogP contribution in [0.2, 0.25) is 0 Å². The Hall–Kier alpha value is -1.21. The highest BCUT2D eigenvalue weighted by atomic mass is 19.4. The number of hydrogen-bond acceptors (Lipinski definition) is 3.